The largest absolute Gasteiger partial charge is 0.493 e. The number of ether oxygens (including phenoxy) is 1. The number of aromatic amines is 1. The van der Waals surface area contributed by atoms with Crippen molar-refractivity contribution in [3.05, 3.63) is 47.0 Å². The highest BCUT2D eigenvalue weighted by molar-refractivity contribution is 6.18. The van der Waals surface area contributed by atoms with Gasteiger partial charge in [-0.2, -0.15) is 10.4 Å². The van der Waals surface area contributed by atoms with Crippen molar-refractivity contribution in [2.45, 2.75) is 33.6 Å². The third kappa shape index (κ3) is 3.41. The summed E-state index contributed by atoms with van der Waals surface area (Å²) in [6.07, 6.45) is 3.50. The van der Waals surface area contributed by atoms with Gasteiger partial charge in [-0.05, 0) is 38.5 Å². The normalized spacial score (nSPS) is 13.1. The lowest BCUT2D eigenvalue weighted by Crippen LogP contribution is -2.29. The number of aliphatic imine (C=N–C) groups is 1. The number of hydrogen-bond donors (Lipinski definition) is 1. The molecule has 8 nitrogen and oxygen atoms in total. The van der Waals surface area contributed by atoms with E-state index in [-0.39, 0.29) is 5.91 Å². The van der Waals surface area contributed by atoms with Crippen LogP contribution in [0.4, 0.5) is 5.69 Å². The zero-order valence-corrected chi connectivity index (χ0v) is 17.0. The number of benzene rings is 1. The summed E-state index contributed by atoms with van der Waals surface area (Å²) in [5.74, 6) is 1.35. The second kappa shape index (κ2) is 7.54. The fourth-order valence-corrected chi connectivity index (χ4v) is 3.43. The number of nitrogens with zero attached hydrogens (tertiary/aromatic N) is 5. The van der Waals surface area contributed by atoms with E-state index in [0.717, 1.165) is 35.6 Å². The number of carbonyl (C=O) groups excluding carboxylic acids is 1. The smallest absolute Gasteiger partial charge is 0.299 e. The summed E-state index contributed by atoms with van der Waals surface area (Å²) in [4.78, 5) is 25.1. The number of aryl methyl sites for hydroxylation is 3. The van der Waals surface area contributed by atoms with Crippen LogP contribution in [0, 0.1) is 6.92 Å². The lowest BCUT2D eigenvalue weighted by atomic mass is 10.1. The minimum absolute atomic E-state index is 0.335. The Kier molecular flexibility index (Phi) is 4.92. The Morgan fingerprint density at radius 3 is 2.76 bits per heavy atom. The van der Waals surface area contributed by atoms with Crippen molar-refractivity contribution in [2.75, 3.05) is 6.61 Å². The van der Waals surface area contributed by atoms with Gasteiger partial charge in [0.1, 0.15) is 17.3 Å². The fourth-order valence-electron chi connectivity index (χ4n) is 3.43. The Hall–Kier alpha value is -3.42. The molecule has 0 spiro atoms. The molecule has 0 aliphatic carbocycles. The average molecular weight is 391 g/mol. The quantitative estimate of drug-likeness (QED) is 0.697. The topological polar surface area (TPSA) is 99.3 Å². The minimum Gasteiger partial charge on any atom is -0.493 e. The highest BCUT2D eigenvalue weighted by Gasteiger charge is 2.30. The van der Waals surface area contributed by atoms with Crippen molar-refractivity contribution in [2.24, 2.45) is 12.0 Å². The van der Waals surface area contributed by atoms with Gasteiger partial charge in [0.15, 0.2) is 11.5 Å². The van der Waals surface area contributed by atoms with Gasteiger partial charge in [-0.3, -0.25) is 9.48 Å². The summed E-state index contributed by atoms with van der Waals surface area (Å²) in [6, 6.07) is 5.69. The van der Waals surface area contributed by atoms with Crippen molar-refractivity contribution in [1.29, 1.82) is 0 Å². The number of H-pyrrole nitrogens is 1. The fraction of sp³-hybridized carbons (Fsp3) is 0.333. The van der Waals surface area contributed by atoms with Crippen LogP contribution in [0.1, 0.15) is 47.7 Å². The minimum atomic E-state index is -0.343. The first-order chi connectivity index (χ1) is 14.0. The lowest BCUT2D eigenvalue weighted by molar-refractivity contribution is 0.0963. The van der Waals surface area contributed by atoms with Crippen LogP contribution in [-0.4, -0.2) is 38.1 Å². The first-order valence-corrected chi connectivity index (χ1v) is 9.72. The standard InChI is InChI=1S/C21H23N6O2/c1-5-7-15-17-18(27(4)26-15)21(28)25-20(24-17)14-10-13(8-9-16(14)29-6-2)19-22-11-12(3)23-19/h8-11H,5-7H2,1-4H3,(H,22,23). The van der Waals surface area contributed by atoms with Gasteiger partial charge in [0, 0.05) is 18.8 Å². The molecule has 1 N–H and O–H groups in total. The maximum absolute atomic E-state index is 12.8. The number of carbonyl (C=O) groups is 1. The van der Waals surface area contributed by atoms with E-state index in [9.17, 15) is 4.79 Å². The molecule has 0 saturated carbocycles. The summed E-state index contributed by atoms with van der Waals surface area (Å²) in [5.41, 5.74) is 4.26. The molecule has 0 fully saturated rings. The number of nitrogens with one attached hydrogen (secondary N) is 1. The van der Waals surface area contributed by atoms with Crippen LogP contribution in [0.2, 0.25) is 0 Å². The van der Waals surface area contributed by atoms with E-state index >= 15 is 0 Å². The van der Waals surface area contributed by atoms with Crippen LogP contribution in [0.25, 0.3) is 11.4 Å². The van der Waals surface area contributed by atoms with E-state index in [1.165, 1.54) is 0 Å². The Morgan fingerprint density at radius 2 is 2.07 bits per heavy atom. The number of imidazole rings is 1. The number of aromatic nitrogens is 4. The van der Waals surface area contributed by atoms with Gasteiger partial charge in [-0.15, -0.1) is 0 Å². The Bertz CT molecular complexity index is 1110. The Labute approximate surface area is 169 Å². The molecule has 29 heavy (non-hydrogen) atoms. The molecule has 3 heterocycles. The molecule has 0 bridgehead atoms. The van der Waals surface area contributed by atoms with Crippen molar-refractivity contribution in [1.82, 2.24) is 25.1 Å². The van der Waals surface area contributed by atoms with Crippen LogP contribution < -0.4 is 10.1 Å². The summed E-state index contributed by atoms with van der Waals surface area (Å²) in [7, 11) is 1.75. The van der Waals surface area contributed by atoms with Gasteiger partial charge in [0.2, 0.25) is 0 Å². The van der Waals surface area contributed by atoms with Crippen LogP contribution in [0.15, 0.2) is 29.4 Å². The predicted molar refractivity (Wildman–Crippen MR) is 110 cm³/mol. The molecule has 1 radical (unpaired) electrons. The molecule has 1 aliphatic heterocycles. The zero-order valence-electron chi connectivity index (χ0n) is 17.0. The lowest BCUT2D eigenvalue weighted by Gasteiger charge is -2.16. The number of hydrogen-bond acceptors (Lipinski definition) is 5. The Balaban J connectivity index is 1.85. The van der Waals surface area contributed by atoms with Crippen LogP contribution in [-0.2, 0) is 13.5 Å². The average Bonchev–Trinajstić information content (AvgIpc) is 3.26. The first kappa shape index (κ1) is 18.9. The molecule has 0 saturated heterocycles. The molecule has 1 amide bonds. The summed E-state index contributed by atoms with van der Waals surface area (Å²) >= 11 is 0. The second-order valence-electron chi connectivity index (χ2n) is 6.90. The third-order valence-corrected chi connectivity index (χ3v) is 4.71. The monoisotopic (exact) mass is 391 g/mol. The molecule has 2 aromatic heterocycles. The predicted octanol–water partition coefficient (Wildman–Crippen LogP) is 3.31. The van der Waals surface area contributed by atoms with Gasteiger partial charge < -0.3 is 9.72 Å². The molecule has 149 valence electrons. The molecule has 0 unspecified atom stereocenters. The Morgan fingerprint density at radius 1 is 1.24 bits per heavy atom. The molecule has 3 aromatic rings. The first-order valence-electron chi connectivity index (χ1n) is 9.72. The van der Waals surface area contributed by atoms with E-state index in [1.807, 2.05) is 38.2 Å². The van der Waals surface area contributed by atoms with Gasteiger partial charge in [-0.1, -0.05) is 13.3 Å². The van der Waals surface area contributed by atoms with Crippen molar-refractivity contribution in [3.8, 4) is 17.1 Å². The summed E-state index contributed by atoms with van der Waals surface area (Å²) in [5, 5.41) is 8.72. The molecular weight excluding hydrogens is 368 g/mol. The van der Waals surface area contributed by atoms with Crippen LogP contribution in [0.5, 0.6) is 5.75 Å². The zero-order chi connectivity index (χ0) is 20.5. The number of rotatable bonds is 6. The van der Waals surface area contributed by atoms with Crippen LogP contribution >= 0.6 is 0 Å². The summed E-state index contributed by atoms with van der Waals surface area (Å²) < 4.78 is 7.36. The van der Waals surface area contributed by atoms with Gasteiger partial charge >= 0.3 is 0 Å². The summed E-state index contributed by atoms with van der Waals surface area (Å²) in [6.45, 7) is 6.40. The number of fused-ring (bicyclic) bond motifs is 1. The number of amides is 1. The maximum Gasteiger partial charge on any atom is 0.299 e. The van der Waals surface area contributed by atoms with E-state index in [1.54, 1.807) is 11.7 Å². The van der Waals surface area contributed by atoms with Crippen molar-refractivity contribution < 1.29 is 9.53 Å². The highest BCUT2D eigenvalue weighted by atomic mass is 16.5. The molecule has 4 rings (SSSR count). The van der Waals surface area contributed by atoms with E-state index in [2.05, 4.69) is 27.3 Å². The second-order valence-corrected chi connectivity index (χ2v) is 6.90. The van der Waals surface area contributed by atoms with E-state index in [0.29, 0.717) is 35.1 Å². The SMILES string of the molecule is CCCc1nn(C)c2c1N=C(c1cc(-c3nc(C)c[nH]3)ccc1OCC)[N]C2=O. The molecule has 1 aliphatic rings. The molecule has 8 heteroatoms. The molecule has 0 atom stereocenters. The van der Waals surface area contributed by atoms with E-state index < -0.39 is 0 Å². The maximum atomic E-state index is 12.8. The van der Waals surface area contributed by atoms with Crippen molar-refractivity contribution in [3.63, 3.8) is 0 Å². The number of amidine groups is 1. The van der Waals surface area contributed by atoms with Crippen LogP contribution in [0.3, 0.4) is 0 Å². The van der Waals surface area contributed by atoms with Gasteiger partial charge in [-0.25, -0.2) is 9.98 Å². The highest BCUT2D eigenvalue weighted by Crippen LogP contribution is 2.32. The van der Waals surface area contributed by atoms with Gasteiger partial charge in [0.25, 0.3) is 5.91 Å². The molecule has 1 aromatic carbocycles. The third-order valence-electron chi connectivity index (χ3n) is 4.71. The van der Waals surface area contributed by atoms with Crippen molar-refractivity contribution >= 4 is 17.4 Å². The molecular formula is C21H23N6O2. The van der Waals surface area contributed by atoms with E-state index in [4.69, 9.17) is 9.73 Å². The van der Waals surface area contributed by atoms with Gasteiger partial charge in [0.05, 0.1) is 23.6 Å².